The summed E-state index contributed by atoms with van der Waals surface area (Å²) in [5.41, 5.74) is 2.97. The lowest BCUT2D eigenvalue weighted by Crippen LogP contribution is -2.39. The fraction of sp³-hybridized carbons (Fsp3) is 0.385. The Morgan fingerprint density at radius 3 is 2.83 bits per heavy atom. The van der Waals surface area contributed by atoms with Gasteiger partial charge in [-0.1, -0.05) is 35.1 Å². The predicted molar refractivity (Wildman–Crippen MR) is 137 cm³/mol. The van der Waals surface area contributed by atoms with Gasteiger partial charge < -0.3 is 14.6 Å². The normalized spacial score (nSPS) is 22.2. The van der Waals surface area contributed by atoms with E-state index in [0.717, 1.165) is 55.4 Å². The average molecular weight is 526 g/mol. The fourth-order valence-corrected chi connectivity index (χ4v) is 6.15. The zero-order valence-electron chi connectivity index (χ0n) is 19.5. The standard InChI is InChI=1S/C26H25ClFN5O2S/c27-23-14-30-26(36-23)25(34)31-15-5-3-6-16(11-15)33-21-12-19(22-9-4-10-35-22)29-13-20(21)32-24(33)17-7-1-2-8-18(17)28/h1-2,7-8,12-16,22H,3-6,9-11H2,(H,31,34)/t15-,16+,22?/m0/s1. The molecule has 1 unspecified atom stereocenters. The molecule has 10 heteroatoms. The molecule has 36 heavy (non-hydrogen) atoms. The van der Waals surface area contributed by atoms with Crippen LogP contribution in [-0.4, -0.2) is 38.1 Å². The molecule has 4 aromatic rings. The summed E-state index contributed by atoms with van der Waals surface area (Å²) in [6.07, 6.45) is 8.57. The van der Waals surface area contributed by atoms with Gasteiger partial charge in [-0.15, -0.1) is 0 Å². The Hall–Kier alpha value is -2.88. The number of nitrogens with one attached hydrogen (secondary N) is 1. The van der Waals surface area contributed by atoms with Crippen LogP contribution in [0.2, 0.25) is 4.34 Å². The predicted octanol–water partition coefficient (Wildman–Crippen LogP) is 6.11. The van der Waals surface area contributed by atoms with E-state index in [1.54, 1.807) is 18.3 Å². The number of ether oxygens (including phenoxy) is 1. The summed E-state index contributed by atoms with van der Waals surface area (Å²) >= 11 is 7.13. The van der Waals surface area contributed by atoms with Crippen molar-refractivity contribution >= 4 is 39.9 Å². The second-order valence-corrected chi connectivity index (χ2v) is 11.0. The number of rotatable bonds is 5. The molecule has 3 atom stereocenters. The van der Waals surface area contributed by atoms with Gasteiger partial charge >= 0.3 is 0 Å². The summed E-state index contributed by atoms with van der Waals surface area (Å²) in [6, 6.07) is 8.75. The maximum Gasteiger partial charge on any atom is 0.280 e. The summed E-state index contributed by atoms with van der Waals surface area (Å²) in [7, 11) is 0. The molecule has 0 bridgehead atoms. The van der Waals surface area contributed by atoms with Crippen molar-refractivity contribution in [2.24, 2.45) is 0 Å². The van der Waals surface area contributed by atoms with Crippen LogP contribution in [0.25, 0.3) is 22.4 Å². The zero-order chi connectivity index (χ0) is 24.6. The molecule has 0 radical (unpaired) electrons. The molecule has 2 fully saturated rings. The molecule has 1 saturated carbocycles. The molecule has 4 heterocycles. The lowest BCUT2D eigenvalue weighted by molar-refractivity contribution is 0.0920. The number of fused-ring (bicyclic) bond motifs is 1. The van der Waals surface area contributed by atoms with Crippen LogP contribution in [0, 0.1) is 5.82 Å². The van der Waals surface area contributed by atoms with Gasteiger partial charge in [0.1, 0.15) is 21.5 Å². The molecule has 7 nitrogen and oxygen atoms in total. The highest BCUT2D eigenvalue weighted by atomic mass is 35.5. The number of amides is 1. The Bertz CT molecular complexity index is 1420. The van der Waals surface area contributed by atoms with Crippen LogP contribution in [-0.2, 0) is 4.74 Å². The maximum absolute atomic E-state index is 15.0. The van der Waals surface area contributed by atoms with E-state index < -0.39 is 0 Å². The third-order valence-electron chi connectivity index (χ3n) is 6.99. The highest BCUT2D eigenvalue weighted by molar-refractivity contribution is 7.17. The largest absolute Gasteiger partial charge is 0.372 e. The first-order chi connectivity index (χ1) is 17.6. The second kappa shape index (κ2) is 9.88. The topological polar surface area (TPSA) is 81.9 Å². The van der Waals surface area contributed by atoms with Gasteiger partial charge in [-0.05, 0) is 56.7 Å². The average Bonchev–Trinajstić information content (AvgIpc) is 3.64. The summed E-state index contributed by atoms with van der Waals surface area (Å²) in [4.78, 5) is 26.3. The van der Waals surface area contributed by atoms with Gasteiger partial charge in [-0.3, -0.25) is 9.78 Å². The van der Waals surface area contributed by atoms with Gasteiger partial charge in [0, 0.05) is 18.7 Å². The Balaban J connectivity index is 1.38. The lowest BCUT2D eigenvalue weighted by Gasteiger charge is -2.32. The summed E-state index contributed by atoms with van der Waals surface area (Å²) in [5, 5.41) is 3.48. The van der Waals surface area contributed by atoms with E-state index in [2.05, 4.69) is 19.9 Å². The van der Waals surface area contributed by atoms with Crippen LogP contribution in [0.4, 0.5) is 4.39 Å². The number of thiazole rings is 1. The third kappa shape index (κ3) is 4.51. The number of nitrogens with zero attached hydrogens (tertiary/aromatic N) is 4. The van der Waals surface area contributed by atoms with Crippen molar-refractivity contribution in [3.8, 4) is 11.4 Å². The van der Waals surface area contributed by atoms with Gasteiger partial charge in [0.2, 0.25) is 0 Å². The number of imidazole rings is 1. The first-order valence-electron chi connectivity index (χ1n) is 12.2. The minimum atomic E-state index is -0.317. The van der Waals surface area contributed by atoms with Crippen molar-refractivity contribution in [1.82, 2.24) is 24.8 Å². The van der Waals surface area contributed by atoms with Crippen molar-refractivity contribution in [3.05, 3.63) is 63.6 Å². The summed E-state index contributed by atoms with van der Waals surface area (Å²) in [6.45, 7) is 0.735. The quantitative estimate of drug-likeness (QED) is 0.340. The Morgan fingerprint density at radius 2 is 2.06 bits per heavy atom. The number of hydrogen-bond acceptors (Lipinski definition) is 6. The van der Waals surface area contributed by atoms with E-state index >= 15 is 0 Å². The molecular weight excluding hydrogens is 501 g/mol. The molecule has 186 valence electrons. The van der Waals surface area contributed by atoms with Crippen LogP contribution in [0.5, 0.6) is 0 Å². The second-order valence-electron chi connectivity index (χ2n) is 9.35. The third-order valence-corrected chi connectivity index (χ3v) is 8.10. The molecule has 1 saturated heterocycles. The molecule has 1 N–H and O–H groups in total. The number of carbonyl (C=O) groups is 1. The molecule has 1 amide bonds. The van der Waals surface area contributed by atoms with E-state index in [4.69, 9.17) is 21.3 Å². The van der Waals surface area contributed by atoms with Crippen LogP contribution in [0.3, 0.4) is 0 Å². The summed E-state index contributed by atoms with van der Waals surface area (Å²) < 4.78 is 23.5. The van der Waals surface area contributed by atoms with Gasteiger partial charge in [0.25, 0.3) is 5.91 Å². The molecule has 2 aliphatic rings. The number of carbonyl (C=O) groups excluding carboxylic acids is 1. The van der Waals surface area contributed by atoms with Crippen molar-refractivity contribution in [3.63, 3.8) is 0 Å². The van der Waals surface area contributed by atoms with Gasteiger partial charge in [0.05, 0.1) is 35.3 Å². The van der Waals surface area contributed by atoms with Gasteiger partial charge in [-0.2, -0.15) is 0 Å². The number of aromatic nitrogens is 4. The van der Waals surface area contributed by atoms with Crippen molar-refractivity contribution in [2.45, 2.75) is 56.7 Å². The molecule has 1 aliphatic carbocycles. The Labute approximate surface area is 216 Å². The molecule has 0 spiro atoms. The van der Waals surface area contributed by atoms with Gasteiger partial charge in [0.15, 0.2) is 5.01 Å². The van der Waals surface area contributed by atoms with Crippen LogP contribution in [0.1, 0.15) is 66.2 Å². The van der Waals surface area contributed by atoms with Crippen LogP contribution < -0.4 is 5.32 Å². The minimum Gasteiger partial charge on any atom is -0.372 e. The van der Waals surface area contributed by atoms with E-state index in [1.807, 2.05) is 12.1 Å². The smallest absolute Gasteiger partial charge is 0.280 e. The maximum atomic E-state index is 15.0. The number of hydrogen-bond donors (Lipinski definition) is 1. The monoisotopic (exact) mass is 525 g/mol. The van der Waals surface area contributed by atoms with E-state index in [1.165, 1.54) is 23.6 Å². The van der Waals surface area contributed by atoms with Crippen molar-refractivity contribution < 1.29 is 13.9 Å². The molecule has 1 aliphatic heterocycles. The minimum absolute atomic E-state index is 0.0295. The Morgan fingerprint density at radius 1 is 1.17 bits per heavy atom. The fourth-order valence-electron chi connectivity index (χ4n) is 5.34. The SMILES string of the molecule is O=C(N[C@H]1CCC[C@@H](n2c(-c3ccccc3F)nc3cnc(C4CCCO4)cc32)C1)c1ncc(Cl)s1. The molecular formula is C26H25ClFN5O2S. The number of benzene rings is 1. The number of halogens is 2. The van der Waals surface area contributed by atoms with E-state index in [9.17, 15) is 9.18 Å². The number of pyridine rings is 1. The Kier molecular flexibility index (Phi) is 6.45. The lowest BCUT2D eigenvalue weighted by atomic mass is 9.90. The zero-order valence-corrected chi connectivity index (χ0v) is 21.1. The van der Waals surface area contributed by atoms with Gasteiger partial charge in [-0.25, -0.2) is 14.4 Å². The summed E-state index contributed by atoms with van der Waals surface area (Å²) in [5.74, 6) is 0.0491. The highest BCUT2D eigenvalue weighted by Crippen LogP contribution is 2.38. The highest BCUT2D eigenvalue weighted by Gasteiger charge is 2.30. The van der Waals surface area contributed by atoms with E-state index in [-0.39, 0.29) is 29.9 Å². The van der Waals surface area contributed by atoms with Crippen molar-refractivity contribution in [2.75, 3.05) is 6.61 Å². The van der Waals surface area contributed by atoms with Crippen LogP contribution >= 0.6 is 22.9 Å². The first kappa shape index (κ1) is 23.5. The van der Waals surface area contributed by atoms with Crippen molar-refractivity contribution in [1.29, 1.82) is 0 Å². The molecule has 3 aromatic heterocycles. The molecule has 1 aromatic carbocycles. The molecule has 6 rings (SSSR count). The first-order valence-corrected chi connectivity index (χ1v) is 13.4. The van der Waals surface area contributed by atoms with E-state index in [0.29, 0.717) is 27.2 Å². The van der Waals surface area contributed by atoms with Crippen LogP contribution in [0.15, 0.2) is 42.7 Å².